The zero-order valence-corrected chi connectivity index (χ0v) is 5.87. The van der Waals surface area contributed by atoms with Crippen LogP contribution in [0.4, 0.5) is 11.5 Å². The van der Waals surface area contributed by atoms with E-state index in [0.29, 0.717) is 0 Å². The average molecular weight is 213 g/mol. The van der Waals surface area contributed by atoms with E-state index in [1.807, 2.05) is 0 Å². The number of halogens is 4. The van der Waals surface area contributed by atoms with Gasteiger partial charge in [0.05, 0.1) is 0 Å². The third-order valence-corrected chi connectivity index (χ3v) is 0. The van der Waals surface area contributed by atoms with Gasteiger partial charge in [-0.3, -0.25) is 0 Å². The van der Waals surface area contributed by atoms with Gasteiger partial charge in [-0.05, 0) is 0 Å². The van der Waals surface area contributed by atoms with E-state index in [1.165, 1.54) is 0 Å². The second-order valence-corrected chi connectivity index (χ2v) is 2.87. The molecule has 0 aromatic carbocycles. The normalized spacial score (nSPS) is 10.0. The van der Waals surface area contributed by atoms with E-state index in [1.54, 1.807) is 0 Å². The van der Waals surface area contributed by atoms with Crippen LogP contribution in [0.15, 0.2) is 0 Å². The Morgan fingerprint density at radius 1 is 0.833 bits per heavy atom. The monoisotopic (exact) mass is 214 g/mol. The van der Waals surface area contributed by atoms with Gasteiger partial charge in [0.25, 0.3) is 0 Å². The van der Waals surface area contributed by atoms with Crippen LogP contribution in [0, 0.1) is 0 Å². The first-order valence-corrected chi connectivity index (χ1v) is 5.07. The van der Waals surface area contributed by atoms with Crippen molar-refractivity contribution >= 4 is 20.7 Å². The summed E-state index contributed by atoms with van der Waals surface area (Å²) in [5.74, 6) is 0. The summed E-state index contributed by atoms with van der Waals surface area (Å²) in [6.07, 6.45) is 0. The number of hydrogen-bond donors (Lipinski definition) is 1. The average Bonchev–Trinajstić information content (AvgIpc) is 0.722. The van der Waals surface area contributed by atoms with E-state index >= 15 is 0 Å². The standard InChI is InChI=1S/4FH.H3N.Sn/h4*1H;1H3;/q;;;;;+4/p-3. The van der Waals surface area contributed by atoms with E-state index < -0.39 is 20.7 Å². The topological polar surface area (TPSA) is 36.5 Å². The quantitative estimate of drug-likeness (QED) is 0.469. The van der Waals surface area contributed by atoms with Crippen LogP contribution in [0.3, 0.4) is 0 Å². The molecule has 4 N–H and O–H groups in total. The first kappa shape index (κ1) is 9.69. The van der Waals surface area contributed by atoms with E-state index in [-0.39, 0.29) is 6.15 Å². The zero-order chi connectivity index (χ0) is 4.50. The molecule has 0 amide bonds. The molecule has 0 unspecified atom stereocenters. The maximum Gasteiger partial charge on any atom is -0.369 e. The smallest absolute Gasteiger partial charge is 0.369 e. The fourth-order valence-corrected chi connectivity index (χ4v) is 0. The molecule has 6 heteroatoms. The van der Waals surface area contributed by atoms with Gasteiger partial charge in [0, 0.05) is 0 Å². The molecular formula is H4F4NSn+. The minimum Gasteiger partial charge on any atom is -0.369 e. The molecule has 0 aliphatic heterocycles. The Hall–Kier alpha value is 0.479. The van der Waals surface area contributed by atoms with Gasteiger partial charge in [0.1, 0.15) is 0 Å². The van der Waals surface area contributed by atoms with Crippen molar-refractivity contribution < 1.29 is 11.5 Å². The van der Waals surface area contributed by atoms with Gasteiger partial charge in [-0.2, -0.15) is 0 Å². The summed E-state index contributed by atoms with van der Waals surface area (Å²) in [7, 11) is 0. The number of rotatable bonds is 0. The van der Waals surface area contributed by atoms with E-state index in [0.717, 1.165) is 0 Å². The first-order chi connectivity index (χ1) is 2.00. The second-order valence-electron chi connectivity index (χ2n) is 0.429. The molecule has 0 aromatic heterocycles. The Bertz CT molecular complexity index is 23.0. The molecule has 0 aromatic rings. The molecule has 0 aliphatic rings. The number of quaternary nitrogens is 1. The third kappa shape index (κ3) is 237. The summed E-state index contributed by atoms with van der Waals surface area (Å²) in [5.41, 5.74) is 0. The zero-order valence-electron chi connectivity index (χ0n) is 3.01. The van der Waals surface area contributed by atoms with Gasteiger partial charge in [0.15, 0.2) is 0 Å². The van der Waals surface area contributed by atoms with E-state index in [2.05, 4.69) is 0 Å². The van der Waals surface area contributed by atoms with Crippen molar-refractivity contribution in [3.63, 3.8) is 0 Å². The molecule has 0 fully saturated rings. The minimum atomic E-state index is -7.18. The molecule has 0 spiro atoms. The summed E-state index contributed by atoms with van der Waals surface area (Å²) in [6, 6.07) is 0. The SMILES string of the molecule is [F][Sn]([F])([F])[F].[NH4+]. The van der Waals surface area contributed by atoms with Gasteiger partial charge in [-0.25, -0.2) is 0 Å². The van der Waals surface area contributed by atoms with Crippen LogP contribution in [0.5, 0.6) is 0 Å². The molecule has 0 radical (unpaired) electrons. The van der Waals surface area contributed by atoms with Crippen LogP contribution in [0.25, 0.3) is 0 Å². The van der Waals surface area contributed by atoms with Gasteiger partial charge in [-0.1, -0.05) is 0 Å². The molecule has 0 bridgehead atoms. The Kier molecular flexibility index (Phi) is 4.23. The Morgan fingerprint density at radius 3 is 0.833 bits per heavy atom. The Morgan fingerprint density at radius 2 is 0.833 bits per heavy atom. The van der Waals surface area contributed by atoms with E-state index in [9.17, 15) is 11.5 Å². The van der Waals surface area contributed by atoms with Crippen molar-refractivity contribution in [1.82, 2.24) is 6.15 Å². The maximum absolute atomic E-state index is 9.90. The van der Waals surface area contributed by atoms with Gasteiger partial charge >= 0.3 is 32.1 Å². The second kappa shape index (κ2) is 2.62. The summed E-state index contributed by atoms with van der Waals surface area (Å²) >= 11 is -7.18. The van der Waals surface area contributed by atoms with Crippen molar-refractivity contribution in [2.45, 2.75) is 0 Å². The molecule has 6 heavy (non-hydrogen) atoms. The van der Waals surface area contributed by atoms with Crippen molar-refractivity contribution in [2.24, 2.45) is 0 Å². The molecule has 0 aliphatic carbocycles. The third-order valence-electron chi connectivity index (χ3n) is 0. The molecule has 0 heterocycles. The van der Waals surface area contributed by atoms with Crippen LogP contribution in [-0.4, -0.2) is 20.7 Å². The van der Waals surface area contributed by atoms with Crippen molar-refractivity contribution in [1.29, 1.82) is 0 Å². The molecule has 0 atom stereocenters. The Balaban J connectivity index is 0. The van der Waals surface area contributed by atoms with E-state index in [4.69, 9.17) is 0 Å². The fraction of sp³-hybridized carbons (Fsp3) is 0. The molecule has 1 nitrogen and oxygen atoms in total. The molecule has 0 saturated heterocycles. The Labute approximate surface area is 38.9 Å². The first-order valence-electron chi connectivity index (χ1n) is 0.756. The predicted molar refractivity (Wildman–Crippen MR) is 16.2 cm³/mol. The van der Waals surface area contributed by atoms with Crippen LogP contribution in [0.2, 0.25) is 0 Å². The van der Waals surface area contributed by atoms with Crippen LogP contribution < -0.4 is 6.15 Å². The summed E-state index contributed by atoms with van der Waals surface area (Å²) in [5, 5.41) is 0. The fourth-order valence-electron chi connectivity index (χ4n) is 0. The molecule has 0 rings (SSSR count). The maximum atomic E-state index is 9.90. The molecule has 0 saturated carbocycles. The van der Waals surface area contributed by atoms with Crippen LogP contribution in [-0.2, 0) is 0 Å². The van der Waals surface area contributed by atoms with Gasteiger partial charge in [0.2, 0.25) is 0 Å². The largest absolute Gasteiger partial charge is 0.369 e. The minimum absolute atomic E-state index is 0. The summed E-state index contributed by atoms with van der Waals surface area (Å²) in [4.78, 5) is 0. The van der Waals surface area contributed by atoms with Crippen LogP contribution >= 0.6 is 0 Å². The molecular weight excluding hydrogens is 209 g/mol. The van der Waals surface area contributed by atoms with Crippen molar-refractivity contribution in [2.75, 3.05) is 0 Å². The van der Waals surface area contributed by atoms with Crippen molar-refractivity contribution in [3.8, 4) is 0 Å². The van der Waals surface area contributed by atoms with Crippen LogP contribution in [0.1, 0.15) is 0 Å². The number of hydrogen-bond acceptors (Lipinski definition) is 0. The van der Waals surface area contributed by atoms with Gasteiger partial charge in [-0.15, -0.1) is 0 Å². The van der Waals surface area contributed by atoms with Gasteiger partial charge < -0.3 is 6.15 Å². The summed E-state index contributed by atoms with van der Waals surface area (Å²) in [6.45, 7) is 0. The van der Waals surface area contributed by atoms with Crippen molar-refractivity contribution in [3.05, 3.63) is 0 Å². The molecule has 40 valence electrons. The predicted octanol–water partition coefficient (Wildman–Crippen LogP) is 1.68. The summed E-state index contributed by atoms with van der Waals surface area (Å²) < 4.78 is 39.6.